The molecule has 1 unspecified atom stereocenters. The van der Waals surface area contributed by atoms with Crippen LogP contribution in [0.4, 0.5) is 4.39 Å². The predicted octanol–water partition coefficient (Wildman–Crippen LogP) is 1.48. The normalized spacial score (nSPS) is 15.7. The van der Waals surface area contributed by atoms with Crippen LogP contribution in [-0.2, 0) is 10.0 Å². The Morgan fingerprint density at radius 3 is 2.22 bits per heavy atom. The monoisotopic (exact) mass is 274 g/mol. The third kappa shape index (κ3) is 3.28. The number of hydrogen-bond donors (Lipinski definition) is 2. The van der Waals surface area contributed by atoms with Gasteiger partial charge in [0.05, 0.1) is 4.90 Å². The van der Waals surface area contributed by atoms with Crippen molar-refractivity contribution in [3.05, 3.63) is 30.1 Å². The number of benzene rings is 1. The van der Waals surface area contributed by atoms with Crippen LogP contribution in [0.3, 0.4) is 0 Å². The van der Waals surface area contributed by atoms with Crippen molar-refractivity contribution in [2.45, 2.75) is 31.2 Å². The van der Waals surface area contributed by atoms with E-state index in [-0.39, 0.29) is 17.4 Å². The molecule has 0 amide bonds. The smallest absolute Gasteiger partial charge is 0.241 e. The van der Waals surface area contributed by atoms with E-state index in [1.165, 1.54) is 12.1 Å². The second-order valence-electron chi connectivity index (χ2n) is 4.84. The molecule has 1 atom stereocenters. The van der Waals surface area contributed by atoms with Gasteiger partial charge in [-0.2, -0.15) is 0 Å². The lowest BCUT2D eigenvalue weighted by Gasteiger charge is -2.33. The minimum absolute atomic E-state index is 0.0317. The van der Waals surface area contributed by atoms with Crippen LogP contribution in [0.5, 0.6) is 0 Å². The van der Waals surface area contributed by atoms with E-state index in [2.05, 4.69) is 4.72 Å². The molecule has 0 aromatic heterocycles. The Kier molecular flexibility index (Phi) is 4.47. The summed E-state index contributed by atoms with van der Waals surface area (Å²) in [6, 6.07) is 4.69. The number of sulfonamides is 1. The summed E-state index contributed by atoms with van der Waals surface area (Å²) in [5, 5.41) is 0. The molecular formula is C12H19FN2O2S. The second-order valence-corrected chi connectivity index (χ2v) is 6.52. The Balaban J connectivity index is 3.05. The van der Waals surface area contributed by atoms with Crippen LogP contribution in [-0.4, -0.2) is 20.5 Å². The van der Waals surface area contributed by atoms with Crippen molar-refractivity contribution in [1.82, 2.24) is 4.72 Å². The third-order valence-electron chi connectivity index (χ3n) is 3.19. The fourth-order valence-corrected chi connectivity index (χ4v) is 2.92. The molecule has 0 saturated carbocycles. The summed E-state index contributed by atoms with van der Waals surface area (Å²) in [4.78, 5) is 0.0317. The summed E-state index contributed by atoms with van der Waals surface area (Å²) in [7, 11) is -3.69. The Hall–Kier alpha value is -0.980. The molecule has 0 heterocycles. The minimum Gasteiger partial charge on any atom is -0.329 e. The molecule has 102 valence electrons. The Labute approximate surface area is 107 Å². The van der Waals surface area contributed by atoms with Gasteiger partial charge in [0.1, 0.15) is 5.82 Å². The summed E-state index contributed by atoms with van der Waals surface area (Å²) < 4.78 is 39.6. The van der Waals surface area contributed by atoms with E-state index in [1.54, 1.807) is 6.92 Å². The van der Waals surface area contributed by atoms with Gasteiger partial charge in [0.25, 0.3) is 0 Å². The van der Waals surface area contributed by atoms with Crippen molar-refractivity contribution in [2.24, 2.45) is 11.7 Å². The van der Waals surface area contributed by atoms with E-state index in [1.807, 2.05) is 13.8 Å². The largest absolute Gasteiger partial charge is 0.329 e. The van der Waals surface area contributed by atoms with E-state index in [0.717, 1.165) is 12.1 Å². The molecule has 0 fully saturated rings. The highest BCUT2D eigenvalue weighted by Crippen LogP contribution is 2.19. The maximum Gasteiger partial charge on any atom is 0.241 e. The van der Waals surface area contributed by atoms with Crippen LogP contribution >= 0.6 is 0 Å². The lowest BCUT2D eigenvalue weighted by molar-refractivity contribution is 0.315. The summed E-state index contributed by atoms with van der Waals surface area (Å²) in [6.07, 6.45) is 0. The number of nitrogens with two attached hydrogens (primary N) is 1. The molecule has 1 rings (SSSR count). The van der Waals surface area contributed by atoms with Gasteiger partial charge in [-0.25, -0.2) is 17.5 Å². The molecule has 0 aliphatic heterocycles. The van der Waals surface area contributed by atoms with E-state index in [9.17, 15) is 12.8 Å². The molecule has 1 aromatic carbocycles. The first-order valence-electron chi connectivity index (χ1n) is 5.71. The van der Waals surface area contributed by atoms with E-state index in [4.69, 9.17) is 5.73 Å². The first-order chi connectivity index (χ1) is 8.21. The van der Waals surface area contributed by atoms with Crippen molar-refractivity contribution in [3.63, 3.8) is 0 Å². The molecule has 3 N–H and O–H groups in total. The van der Waals surface area contributed by atoms with Gasteiger partial charge >= 0.3 is 0 Å². The first kappa shape index (κ1) is 15.1. The Morgan fingerprint density at radius 2 is 1.83 bits per heavy atom. The molecular weight excluding hydrogens is 255 g/mol. The molecule has 18 heavy (non-hydrogen) atoms. The number of halogens is 1. The van der Waals surface area contributed by atoms with Crippen LogP contribution in [0.15, 0.2) is 29.2 Å². The van der Waals surface area contributed by atoms with Gasteiger partial charge in [-0.05, 0) is 37.1 Å². The maximum absolute atomic E-state index is 12.8. The highest BCUT2D eigenvalue weighted by atomic mass is 32.2. The van der Waals surface area contributed by atoms with Crippen molar-refractivity contribution >= 4 is 10.0 Å². The van der Waals surface area contributed by atoms with Gasteiger partial charge in [-0.3, -0.25) is 0 Å². The van der Waals surface area contributed by atoms with Gasteiger partial charge in [0.2, 0.25) is 10.0 Å². The quantitative estimate of drug-likeness (QED) is 0.854. The van der Waals surface area contributed by atoms with Crippen molar-refractivity contribution in [2.75, 3.05) is 6.54 Å². The fourth-order valence-electron chi connectivity index (χ4n) is 1.37. The van der Waals surface area contributed by atoms with Crippen molar-refractivity contribution in [3.8, 4) is 0 Å². The van der Waals surface area contributed by atoms with Crippen LogP contribution in [0, 0.1) is 11.7 Å². The third-order valence-corrected chi connectivity index (χ3v) is 4.82. The fraction of sp³-hybridized carbons (Fsp3) is 0.500. The first-order valence-corrected chi connectivity index (χ1v) is 7.19. The van der Waals surface area contributed by atoms with E-state index < -0.39 is 21.4 Å². The lowest BCUT2D eigenvalue weighted by atomic mass is 9.90. The van der Waals surface area contributed by atoms with Crippen LogP contribution in [0.1, 0.15) is 20.8 Å². The summed E-state index contributed by atoms with van der Waals surface area (Å²) >= 11 is 0. The van der Waals surface area contributed by atoms with Gasteiger partial charge in [0, 0.05) is 12.1 Å². The summed E-state index contributed by atoms with van der Waals surface area (Å²) in [5.41, 5.74) is 4.90. The molecule has 1 aromatic rings. The van der Waals surface area contributed by atoms with Gasteiger partial charge in [-0.1, -0.05) is 13.8 Å². The molecule has 0 spiro atoms. The summed E-state index contributed by atoms with van der Waals surface area (Å²) in [5.74, 6) is -0.433. The lowest BCUT2D eigenvalue weighted by Crippen LogP contribution is -2.54. The van der Waals surface area contributed by atoms with Crippen molar-refractivity contribution in [1.29, 1.82) is 0 Å². The molecule has 6 heteroatoms. The predicted molar refractivity (Wildman–Crippen MR) is 69.0 cm³/mol. The molecule has 0 radical (unpaired) electrons. The number of nitrogens with one attached hydrogen (secondary N) is 1. The topological polar surface area (TPSA) is 72.2 Å². The molecule has 0 bridgehead atoms. The highest BCUT2D eigenvalue weighted by Gasteiger charge is 2.32. The van der Waals surface area contributed by atoms with Crippen LogP contribution < -0.4 is 10.5 Å². The van der Waals surface area contributed by atoms with E-state index in [0.29, 0.717) is 0 Å². The molecule has 0 saturated heterocycles. The second kappa shape index (κ2) is 5.34. The van der Waals surface area contributed by atoms with Crippen LogP contribution in [0.2, 0.25) is 0 Å². The van der Waals surface area contributed by atoms with Crippen LogP contribution in [0.25, 0.3) is 0 Å². The Morgan fingerprint density at radius 1 is 1.33 bits per heavy atom. The SMILES string of the molecule is CC(C)C(C)(CN)NS(=O)(=O)c1ccc(F)cc1. The van der Waals surface area contributed by atoms with Gasteiger partial charge < -0.3 is 5.73 Å². The molecule has 0 aliphatic rings. The maximum atomic E-state index is 12.8. The van der Waals surface area contributed by atoms with E-state index >= 15 is 0 Å². The highest BCUT2D eigenvalue weighted by molar-refractivity contribution is 7.89. The average molecular weight is 274 g/mol. The van der Waals surface area contributed by atoms with Crippen molar-refractivity contribution < 1.29 is 12.8 Å². The van der Waals surface area contributed by atoms with Gasteiger partial charge in [0.15, 0.2) is 0 Å². The number of hydrogen-bond acceptors (Lipinski definition) is 3. The average Bonchev–Trinajstić information content (AvgIpc) is 2.28. The zero-order chi connectivity index (χ0) is 14.0. The van der Waals surface area contributed by atoms with Gasteiger partial charge in [-0.15, -0.1) is 0 Å². The molecule has 0 aliphatic carbocycles. The number of rotatable bonds is 5. The molecule has 4 nitrogen and oxygen atoms in total. The minimum atomic E-state index is -3.69. The Bertz CT molecular complexity index is 499. The zero-order valence-corrected chi connectivity index (χ0v) is 11.6. The zero-order valence-electron chi connectivity index (χ0n) is 10.8. The standard InChI is InChI=1S/C12H19FN2O2S/c1-9(2)12(3,8-14)15-18(16,17)11-6-4-10(13)5-7-11/h4-7,9,15H,8,14H2,1-3H3. The summed E-state index contributed by atoms with van der Waals surface area (Å²) in [6.45, 7) is 5.71.